The molecule has 36 heavy (non-hydrogen) atoms. The molecule has 0 bridgehead atoms. The lowest BCUT2D eigenvalue weighted by atomic mass is 9.77. The lowest BCUT2D eigenvalue weighted by Gasteiger charge is -2.33. The van der Waals surface area contributed by atoms with Gasteiger partial charge >= 0.3 is 6.03 Å². The van der Waals surface area contributed by atoms with E-state index in [0.717, 1.165) is 17.7 Å². The van der Waals surface area contributed by atoms with Crippen LogP contribution >= 0.6 is 0 Å². The van der Waals surface area contributed by atoms with Crippen molar-refractivity contribution in [3.8, 4) is 0 Å². The van der Waals surface area contributed by atoms with Crippen LogP contribution in [0, 0.1) is 5.92 Å². The van der Waals surface area contributed by atoms with E-state index < -0.39 is 17.5 Å². The van der Waals surface area contributed by atoms with Gasteiger partial charge in [-0.15, -0.1) is 0 Å². The van der Waals surface area contributed by atoms with Gasteiger partial charge in [0.1, 0.15) is 18.6 Å². The number of para-hydroxylation sites is 2. The number of hydrogen-bond donors (Lipinski definition) is 3. The van der Waals surface area contributed by atoms with Gasteiger partial charge in [0.25, 0.3) is 11.8 Å². The van der Waals surface area contributed by atoms with Crippen molar-refractivity contribution in [1.29, 1.82) is 0 Å². The summed E-state index contributed by atoms with van der Waals surface area (Å²) in [5.74, 6) is -0.978. The van der Waals surface area contributed by atoms with E-state index in [9.17, 15) is 24.0 Å². The summed E-state index contributed by atoms with van der Waals surface area (Å²) in [6.07, 6.45) is 2.86. The van der Waals surface area contributed by atoms with E-state index in [4.69, 9.17) is 0 Å². The molecule has 3 aliphatic rings. The van der Waals surface area contributed by atoms with Crippen LogP contribution in [0.5, 0.6) is 0 Å². The number of nitrogens with zero attached hydrogens (tertiary/aromatic N) is 2. The average Bonchev–Trinajstić information content (AvgIpc) is 3.09. The molecule has 1 saturated carbocycles. The maximum absolute atomic E-state index is 13.1. The molecule has 10 nitrogen and oxygen atoms in total. The van der Waals surface area contributed by atoms with Crippen molar-refractivity contribution in [1.82, 2.24) is 10.2 Å². The van der Waals surface area contributed by atoms with Gasteiger partial charge in [-0.1, -0.05) is 19.1 Å². The Labute approximate surface area is 208 Å². The fourth-order valence-corrected chi connectivity index (χ4v) is 5.02. The summed E-state index contributed by atoms with van der Waals surface area (Å²) in [5, 5.41) is 8.23. The average molecular weight is 490 g/mol. The molecule has 0 unspecified atom stereocenters. The molecular weight excluding hydrogens is 462 g/mol. The van der Waals surface area contributed by atoms with Gasteiger partial charge in [0, 0.05) is 11.3 Å². The lowest BCUT2D eigenvalue weighted by Crippen LogP contribution is -2.49. The van der Waals surface area contributed by atoms with Crippen LogP contribution in [0.4, 0.5) is 21.9 Å². The smallest absolute Gasteiger partial charge is 0.325 e. The molecule has 1 aliphatic carbocycles. The van der Waals surface area contributed by atoms with Crippen LogP contribution in [0.25, 0.3) is 0 Å². The largest absolute Gasteiger partial charge is 0.325 e. The predicted octanol–water partition coefficient (Wildman–Crippen LogP) is 2.72. The number of imide groups is 1. The molecular formula is C26H27N5O5. The Morgan fingerprint density at radius 2 is 1.72 bits per heavy atom. The molecule has 5 rings (SSSR count). The molecule has 186 valence electrons. The van der Waals surface area contributed by atoms with Crippen LogP contribution in [0.1, 0.15) is 43.0 Å². The van der Waals surface area contributed by atoms with E-state index >= 15 is 0 Å². The number of carbonyl (C=O) groups excluding carboxylic acids is 5. The number of hydrogen-bond acceptors (Lipinski definition) is 5. The zero-order chi connectivity index (χ0) is 25.4. The van der Waals surface area contributed by atoms with Gasteiger partial charge in [-0.25, -0.2) is 4.79 Å². The van der Waals surface area contributed by atoms with Crippen molar-refractivity contribution in [3.63, 3.8) is 0 Å². The van der Waals surface area contributed by atoms with Crippen LogP contribution in [0.15, 0.2) is 48.5 Å². The zero-order valence-corrected chi connectivity index (χ0v) is 19.9. The molecule has 3 N–H and O–H groups in total. The fraction of sp³-hybridized carbons (Fsp3) is 0.346. The van der Waals surface area contributed by atoms with E-state index in [2.05, 4.69) is 22.9 Å². The van der Waals surface area contributed by atoms with Gasteiger partial charge in [0.05, 0.1) is 11.4 Å². The van der Waals surface area contributed by atoms with Crippen molar-refractivity contribution >= 4 is 46.7 Å². The van der Waals surface area contributed by atoms with Gasteiger partial charge in [-0.3, -0.25) is 29.0 Å². The quantitative estimate of drug-likeness (QED) is 0.569. The molecule has 1 spiro atoms. The minimum Gasteiger partial charge on any atom is -0.325 e. The number of rotatable bonds is 4. The maximum Gasteiger partial charge on any atom is 0.325 e. The molecule has 2 fully saturated rings. The minimum atomic E-state index is -0.893. The maximum atomic E-state index is 13.1. The number of urea groups is 1. The highest BCUT2D eigenvalue weighted by Crippen LogP contribution is 2.36. The summed E-state index contributed by atoms with van der Waals surface area (Å²) in [4.78, 5) is 65.5. The normalized spacial score (nSPS) is 23.2. The monoisotopic (exact) mass is 489 g/mol. The Balaban J connectivity index is 1.22. The first-order chi connectivity index (χ1) is 17.3. The van der Waals surface area contributed by atoms with E-state index in [1.165, 1.54) is 4.90 Å². The molecule has 2 aliphatic heterocycles. The van der Waals surface area contributed by atoms with Gasteiger partial charge in [0.15, 0.2) is 0 Å². The second-order valence-electron chi connectivity index (χ2n) is 9.67. The molecule has 0 atom stereocenters. The van der Waals surface area contributed by atoms with Crippen LogP contribution in [0.3, 0.4) is 0 Å². The predicted molar refractivity (Wildman–Crippen MR) is 132 cm³/mol. The number of benzene rings is 2. The summed E-state index contributed by atoms with van der Waals surface area (Å²) < 4.78 is 0. The highest BCUT2D eigenvalue weighted by atomic mass is 16.2. The van der Waals surface area contributed by atoms with Crippen molar-refractivity contribution in [2.75, 3.05) is 28.6 Å². The van der Waals surface area contributed by atoms with E-state index in [1.807, 2.05) is 0 Å². The first-order valence-corrected chi connectivity index (χ1v) is 12.0. The molecule has 10 heteroatoms. The first-order valence-electron chi connectivity index (χ1n) is 12.0. The highest BCUT2D eigenvalue weighted by Gasteiger charge is 2.52. The summed E-state index contributed by atoms with van der Waals surface area (Å²) in [7, 11) is 0. The zero-order valence-electron chi connectivity index (χ0n) is 19.9. The number of fused-ring (bicyclic) bond motifs is 1. The van der Waals surface area contributed by atoms with Crippen molar-refractivity contribution in [3.05, 3.63) is 54.1 Å². The van der Waals surface area contributed by atoms with E-state index in [1.54, 1.807) is 48.5 Å². The Kier molecular flexibility index (Phi) is 5.95. The van der Waals surface area contributed by atoms with Gasteiger partial charge in [-0.05, 0) is 68.0 Å². The summed E-state index contributed by atoms with van der Waals surface area (Å²) in [6.45, 7) is 1.64. The van der Waals surface area contributed by atoms with Crippen molar-refractivity contribution in [2.24, 2.45) is 5.92 Å². The number of amides is 6. The SMILES string of the molecule is CC1CCC2(CC1)NC(=O)N(CC(=O)Nc1ccc(C(=O)N3CC(=O)Nc4ccccc43)cc1)C2=O. The number of nitrogens with one attached hydrogen (secondary N) is 3. The van der Waals surface area contributed by atoms with Crippen LogP contribution in [-0.2, 0) is 14.4 Å². The second-order valence-corrected chi connectivity index (χ2v) is 9.67. The Hall–Kier alpha value is -4.21. The third kappa shape index (κ3) is 4.30. The molecule has 6 amide bonds. The molecule has 0 aromatic heterocycles. The Bertz CT molecular complexity index is 1250. The third-order valence-electron chi connectivity index (χ3n) is 7.11. The number of anilines is 3. The number of carbonyl (C=O) groups is 5. The Morgan fingerprint density at radius 3 is 2.44 bits per heavy atom. The topological polar surface area (TPSA) is 128 Å². The van der Waals surface area contributed by atoms with Crippen LogP contribution < -0.4 is 20.9 Å². The minimum absolute atomic E-state index is 0.0966. The molecule has 2 aromatic carbocycles. The van der Waals surface area contributed by atoms with Crippen LogP contribution in [-0.4, -0.2) is 53.2 Å². The summed E-state index contributed by atoms with van der Waals surface area (Å²) in [6, 6.07) is 12.8. The van der Waals surface area contributed by atoms with Gasteiger partial charge in [-0.2, -0.15) is 0 Å². The molecule has 2 heterocycles. The van der Waals surface area contributed by atoms with Crippen molar-refractivity contribution < 1.29 is 24.0 Å². The molecule has 0 radical (unpaired) electrons. The van der Waals surface area contributed by atoms with E-state index in [0.29, 0.717) is 41.4 Å². The van der Waals surface area contributed by atoms with E-state index in [-0.39, 0.29) is 30.8 Å². The van der Waals surface area contributed by atoms with Gasteiger partial charge in [0.2, 0.25) is 11.8 Å². The first kappa shape index (κ1) is 23.5. The molecule has 1 saturated heterocycles. The fourth-order valence-electron chi connectivity index (χ4n) is 5.02. The Morgan fingerprint density at radius 1 is 1.03 bits per heavy atom. The second kappa shape index (κ2) is 9.10. The summed E-state index contributed by atoms with van der Waals surface area (Å²) in [5.41, 5.74) is 1.05. The third-order valence-corrected chi connectivity index (χ3v) is 7.11. The van der Waals surface area contributed by atoms with Crippen molar-refractivity contribution in [2.45, 2.75) is 38.1 Å². The van der Waals surface area contributed by atoms with Crippen LogP contribution in [0.2, 0.25) is 0 Å². The standard InChI is InChI=1S/C26H27N5O5/c1-16-10-12-26(13-11-16)24(35)31(25(36)29-26)15-21(32)27-18-8-6-17(7-9-18)23(34)30-14-22(33)28-19-4-2-3-5-20(19)30/h2-9,16H,10-15H2,1H3,(H,27,32)(H,28,33)(H,29,36). The summed E-state index contributed by atoms with van der Waals surface area (Å²) >= 11 is 0. The molecule has 2 aromatic rings. The lowest BCUT2D eigenvalue weighted by molar-refractivity contribution is -0.135. The van der Waals surface area contributed by atoms with Gasteiger partial charge < -0.3 is 16.0 Å². The highest BCUT2D eigenvalue weighted by molar-refractivity contribution is 6.15.